The van der Waals surface area contributed by atoms with Gasteiger partial charge in [-0.15, -0.1) is 0 Å². The standard InChI is InChI=1S/C25H31ClN2O4/c1-30-17-20-5-4-10-27(15-20)14-19-8-9-23-21(13-19)16-28(11-12-31-23)25(29)18-32-24-7-3-2-6-22(24)26/h2-3,6-9,13,20H,4-5,10-12,14-18H2,1H3. The zero-order chi connectivity index (χ0) is 22.3. The number of ether oxygens (including phenoxy) is 3. The number of nitrogens with zero attached hydrogens (tertiary/aromatic N) is 2. The van der Waals surface area contributed by atoms with Crippen molar-refractivity contribution in [2.24, 2.45) is 5.92 Å². The molecule has 1 amide bonds. The highest BCUT2D eigenvalue weighted by Crippen LogP contribution is 2.27. The maximum atomic E-state index is 12.8. The van der Waals surface area contributed by atoms with Crippen molar-refractivity contribution in [1.82, 2.24) is 9.80 Å². The molecule has 1 saturated heterocycles. The number of halogens is 1. The first-order chi connectivity index (χ1) is 15.6. The molecule has 7 heteroatoms. The number of hydrogen-bond donors (Lipinski definition) is 0. The summed E-state index contributed by atoms with van der Waals surface area (Å²) >= 11 is 6.13. The molecule has 1 fully saturated rings. The average molecular weight is 459 g/mol. The lowest BCUT2D eigenvalue weighted by Crippen LogP contribution is -2.36. The van der Waals surface area contributed by atoms with Crippen LogP contribution in [0.4, 0.5) is 0 Å². The Labute approximate surface area is 195 Å². The summed E-state index contributed by atoms with van der Waals surface area (Å²) in [7, 11) is 1.78. The fourth-order valence-electron chi connectivity index (χ4n) is 4.48. The molecule has 2 aromatic carbocycles. The van der Waals surface area contributed by atoms with E-state index in [1.54, 1.807) is 24.1 Å². The minimum absolute atomic E-state index is 0.0482. The molecule has 1 atom stereocenters. The van der Waals surface area contributed by atoms with E-state index >= 15 is 0 Å². The van der Waals surface area contributed by atoms with Gasteiger partial charge in [-0.05, 0) is 55.1 Å². The van der Waals surface area contributed by atoms with Gasteiger partial charge in [-0.2, -0.15) is 0 Å². The van der Waals surface area contributed by atoms with Gasteiger partial charge in [-0.25, -0.2) is 0 Å². The fraction of sp³-hybridized carbons (Fsp3) is 0.480. The molecule has 1 unspecified atom stereocenters. The van der Waals surface area contributed by atoms with Gasteiger partial charge in [0.1, 0.15) is 18.1 Å². The van der Waals surface area contributed by atoms with Crippen molar-refractivity contribution in [3.8, 4) is 11.5 Å². The Hall–Kier alpha value is -2.28. The summed E-state index contributed by atoms with van der Waals surface area (Å²) in [5, 5.41) is 0.500. The lowest BCUT2D eigenvalue weighted by atomic mass is 9.98. The van der Waals surface area contributed by atoms with Crippen LogP contribution in [-0.4, -0.2) is 62.3 Å². The van der Waals surface area contributed by atoms with E-state index in [0.29, 0.717) is 36.4 Å². The summed E-state index contributed by atoms with van der Waals surface area (Å²) in [6.45, 7) is 5.35. The summed E-state index contributed by atoms with van der Waals surface area (Å²) in [6.07, 6.45) is 2.44. The zero-order valence-electron chi connectivity index (χ0n) is 18.6. The molecule has 0 aromatic heterocycles. The third-order valence-electron chi connectivity index (χ3n) is 6.06. The first kappa shape index (κ1) is 22.9. The number of hydrogen-bond acceptors (Lipinski definition) is 5. The molecule has 0 spiro atoms. The second kappa shape index (κ2) is 11.0. The topological polar surface area (TPSA) is 51.2 Å². The summed E-state index contributed by atoms with van der Waals surface area (Å²) in [5.41, 5.74) is 2.28. The van der Waals surface area contributed by atoms with Gasteiger partial charge in [0.15, 0.2) is 6.61 Å². The molecular weight excluding hydrogens is 428 g/mol. The molecule has 0 radical (unpaired) electrons. The van der Waals surface area contributed by atoms with Crippen LogP contribution in [0.25, 0.3) is 0 Å². The van der Waals surface area contributed by atoms with Gasteiger partial charge in [0.25, 0.3) is 5.91 Å². The predicted molar refractivity (Wildman–Crippen MR) is 124 cm³/mol. The van der Waals surface area contributed by atoms with Crippen molar-refractivity contribution >= 4 is 17.5 Å². The highest BCUT2D eigenvalue weighted by Gasteiger charge is 2.23. The maximum absolute atomic E-state index is 12.8. The van der Waals surface area contributed by atoms with Crippen LogP contribution in [0.5, 0.6) is 11.5 Å². The van der Waals surface area contributed by atoms with Crippen molar-refractivity contribution in [3.63, 3.8) is 0 Å². The average Bonchev–Trinajstić information content (AvgIpc) is 3.01. The Balaban J connectivity index is 1.38. The molecule has 0 aliphatic carbocycles. The van der Waals surface area contributed by atoms with E-state index in [9.17, 15) is 4.79 Å². The van der Waals surface area contributed by atoms with E-state index in [0.717, 1.165) is 37.6 Å². The Morgan fingerprint density at radius 2 is 2.09 bits per heavy atom. The normalized spacial score (nSPS) is 19.1. The van der Waals surface area contributed by atoms with Crippen LogP contribution in [0.2, 0.25) is 5.02 Å². The van der Waals surface area contributed by atoms with E-state index < -0.39 is 0 Å². The first-order valence-corrected chi connectivity index (χ1v) is 11.6. The predicted octanol–water partition coefficient (Wildman–Crippen LogP) is 4.00. The summed E-state index contributed by atoms with van der Waals surface area (Å²) in [6, 6.07) is 13.5. The lowest BCUT2D eigenvalue weighted by molar-refractivity contribution is -0.134. The van der Waals surface area contributed by atoms with Gasteiger partial charge in [0.2, 0.25) is 0 Å². The van der Waals surface area contributed by atoms with Gasteiger partial charge in [-0.3, -0.25) is 9.69 Å². The Bertz CT molecular complexity index is 921. The van der Waals surface area contributed by atoms with Gasteiger partial charge < -0.3 is 19.1 Å². The van der Waals surface area contributed by atoms with Crippen molar-refractivity contribution in [2.45, 2.75) is 25.9 Å². The number of methoxy groups -OCH3 is 1. The molecule has 2 aliphatic heterocycles. The molecule has 4 rings (SSSR count). The number of likely N-dealkylation sites (tertiary alicyclic amines) is 1. The van der Waals surface area contributed by atoms with Crippen LogP contribution in [0.1, 0.15) is 24.0 Å². The summed E-state index contributed by atoms with van der Waals surface area (Å²) < 4.78 is 16.9. The molecule has 6 nitrogen and oxygen atoms in total. The Morgan fingerprint density at radius 1 is 1.22 bits per heavy atom. The van der Waals surface area contributed by atoms with Crippen LogP contribution in [0, 0.1) is 5.92 Å². The van der Waals surface area contributed by atoms with Crippen molar-refractivity contribution in [1.29, 1.82) is 0 Å². The molecule has 0 bridgehead atoms. The zero-order valence-corrected chi connectivity index (χ0v) is 19.4. The number of carbonyl (C=O) groups excluding carboxylic acids is 1. The number of piperidine rings is 1. The number of fused-ring (bicyclic) bond motifs is 1. The largest absolute Gasteiger partial charge is 0.491 e. The van der Waals surface area contributed by atoms with Crippen molar-refractivity contribution < 1.29 is 19.0 Å². The van der Waals surface area contributed by atoms with Crippen LogP contribution >= 0.6 is 11.6 Å². The molecule has 172 valence electrons. The Morgan fingerprint density at radius 3 is 2.94 bits per heavy atom. The SMILES string of the molecule is COCC1CCCN(Cc2ccc3c(c2)CN(C(=O)COc2ccccc2Cl)CCO3)C1. The quantitative estimate of drug-likeness (QED) is 0.627. The number of rotatable bonds is 7. The minimum Gasteiger partial charge on any atom is -0.491 e. The minimum atomic E-state index is -0.0785. The molecule has 2 aromatic rings. The van der Waals surface area contributed by atoms with Gasteiger partial charge >= 0.3 is 0 Å². The molecule has 0 N–H and O–H groups in total. The van der Waals surface area contributed by atoms with E-state index in [1.807, 2.05) is 18.2 Å². The molecule has 2 aliphatic rings. The van der Waals surface area contributed by atoms with Gasteiger partial charge in [0.05, 0.1) is 18.2 Å². The van der Waals surface area contributed by atoms with E-state index in [1.165, 1.54) is 18.4 Å². The molecular formula is C25H31ClN2O4. The van der Waals surface area contributed by atoms with Gasteiger partial charge in [-0.1, -0.05) is 29.8 Å². The smallest absolute Gasteiger partial charge is 0.260 e. The van der Waals surface area contributed by atoms with Crippen LogP contribution in [0.3, 0.4) is 0 Å². The maximum Gasteiger partial charge on any atom is 0.260 e. The van der Waals surface area contributed by atoms with Crippen LogP contribution in [-0.2, 0) is 22.6 Å². The molecule has 0 saturated carbocycles. The van der Waals surface area contributed by atoms with Crippen LogP contribution in [0.15, 0.2) is 42.5 Å². The third kappa shape index (κ3) is 5.94. The number of carbonyl (C=O) groups is 1. The number of benzene rings is 2. The summed E-state index contributed by atoms with van der Waals surface area (Å²) in [5.74, 6) is 1.89. The number of amides is 1. The molecule has 32 heavy (non-hydrogen) atoms. The van der Waals surface area contributed by atoms with E-state index in [4.69, 9.17) is 25.8 Å². The monoisotopic (exact) mass is 458 g/mol. The second-order valence-corrected chi connectivity index (χ2v) is 8.93. The van der Waals surface area contributed by atoms with E-state index in [2.05, 4.69) is 17.0 Å². The van der Waals surface area contributed by atoms with Gasteiger partial charge in [0, 0.05) is 32.3 Å². The Kier molecular flexibility index (Phi) is 7.90. The van der Waals surface area contributed by atoms with Crippen molar-refractivity contribution in [3.05, 3.63) is 58.6 Å². The van der Waals surface area contributed by atoms with Crippen LogP contribution < -0.4 is 9.47 Å². The highest BCUT2D eigenvalue weighted by molar-refractivity contribution is 6.32. The fourth-order valence-corrected chi connectivity index (χ4v) is 4.67. The summed E-state index contributed by atoms with van der Waals surface area (Å²) in [4.78, 5) is 17.1. The van der Waals surface area contributed by atoms with E-state index in [-0.39, 0.29) is 12.5 Å². The third-order valence-corrected chi connectivity index (χ3v) is 6.37. The number of para-hydroxylation sites is 1. The first-order valence-electron chi connectivity index (χ1n) is 11.2. The second-order valence-electron chi connectivity index (χ2n) is 8.52. The highest BCUT2D eigenvalue weighted by atomic mass is 35.5. The lowest BCUT2D eigenvalue weighted by Gasteiger charge is -2.32. The molecule has 2 heterocycles. The van der Waals surface area contributed by atoms with Crippen molar-refractivity contribution in [2.75, 3.05) is 46.6 Å².